The maximum Gasteiger partial charge on any atom is 0.410 e. The predicted octanol–water partition coefficient (Wildman–Crippen LogP) is 4.95. The number of rotatable bonds is 9. The van der Waals surface area contributed by atoms with Crippen LogP contribution in [0.3, 0.4) is 0 Å². The monoisotopic (exact) mass is 463 g/mol. The number of halogens is 1. The molecule has 8 nitrogen and oxygen atoms in total. The van der Waals surface area contributed by atoms with Crippen LogP contribution in [0.15, 0.2) is 0 Å². The molecule has 2 heterocycles. The lowest BCUT2D eigenvalue weighted by molar-refractivity contribution is -0.138. The lowest BCUT2D eigenvalue weighted by Gasteiger charge is -2.31. The Morgan fingerprint density at radius 3 is 1.77 bits per heavy atom. The number of likely N-dealkylation sites (tertiary alicyclic amines) is 1. The van der Waals surface area contributed by atoms with Gasteiger partial charge in [0.15, 0.2) is 0 Å². The average Bonchev–Trinajstić information content (AvgIpc) is 2.69. The second-order valence-corrected chi connectivity index (χ2v) is 8.55. The van der Waals surface area contributed by atoms with Crippen molar-refractivity contribution in [2.75, 3.05) is 26.2 Å². The highest BCUT2D eigenvalue weighted by Gasteiger charge is 2.24. The van der Waals surface area contributed by atoms with Crippen LogP contribution in [0.2, 0.25) is 0 Å². The van der Waals surface area contributed by atoms with Crippen LogP contribution in [0.5, 0.6) is 0 Å². The molecule has 9 heteroatoms. The molecule has 2 N–H and O–H groups in total. The molecule has 2 fully saturated rings. The molecule has 0 aromatic carbocycles. The van der Waals surface area contributed by atoms with Crippen molar-refractivity contribution in [1.29, 1.82) is 0 Å². The van der Waals surface area contributed by atoms with Gasteiger partial charge in [-0.25, -0.2) is 4.79 Å². The van der Waals surface area contributed by atoms with Gasteiger partial charge in [-0.2, -0.15) is 0 Å². The molecule has 182 valence electrons. The van der Waals surface area contributed by atoms with Gasteiger partial charge < -0.3 is 25.2 Å². The van der Waals surface area contributed by atoms with E-state index in [4.69, 9.17) is 14.9 Å². The molecule has 31 heavy (non-hydrogen) atoms. The molecular weight excluding hydrogens is 424 g/mol. The van der Waals surface area contributed by atoms with E-state index in [1.54, 1.807) is 4.90 Å². The first-order valence-electron chi connectivity index (χ1n) is 11.3. The lowest BCUT2D eigenvalue weighted by atomic mass is 9.92. The summed E-state index contributed by atoms with van der Waals surface area (Å²) in [5.41, 5.74) is 0. The molecule has 0 spiro atoms. The van der Waals surface area contributed by atoms with Crippen LogP contribution in [-0.4, -0.2) is 65.4 Å². The number of hydrogen-bond donors (Lipinski definition) is 2. The van der Waals surface area contributed by atoms with E-state index in [2.05, 4.69) is 5.32 Å². The number of hydrogen-bond acceptors (Lipinski definition) is 4. The lowest BCUT2D eigenvalue weighted by Crippen LogP contribution is -2.39. The SMILES string of the molecule is CC(C)OC(=O)N1CCC(CCCC(=O)O)CC1.Cl.O=C(O)CCCC1CC[N-]CC1. The summed E-state index contributed by atoms with van der Waals surface area (Å²) in [6, 6.07) is 0. The van der Waals surface area contributed by atoms with Crippen molar-refractivity contribution in [1.82, 2.24) is 4.90 Å². The molecular formula is C22H40ClN2O6-. The van der Waals surface area contributed by atoms with E-state index in [9.17, 15) is 14.4 Å². The highest BCUT2D eigenvalue weighted by Crippen LogP contribution is 2.23. The molecule has 0 unspecified atom stereocenters. The first-order valence-corrected chi connectivity index (χ1v) is 11.3. The van der Waals surface area contributed by atoms with E-state index < -0.39 is 11.9 Å². The van der Waals surface area contributed by atoms with E-state index in [-0.39, 0.29) is 31.0 Å². The molecule has 0 aliphatic carbocycles. The Hall–Kier alpha value is -1.54. The van der Waals surface area contributed by atoms with Gasteiger partial charge in [0, 0.05) is 25.9 Å². The van der Waals surface area contributed by atoms with Gasteiger partial charge in [0.2, 0.25) is 0 Å². The third-order valence-electron chi connectivity index (χ3n) is 5.61. The van der Waals surface area contributed by atoms with Crippen molar-refractivity contribution in [3.63, 3.8) is 0 Å². The number of carboxylic acids is 2. The summed E-state index contributed by atoms with van der Waals surface area (Å²) >= 11 is 0. The van der Waals surface area contributed by atoms with Crippen molar-refractivity contribution in [2.24, 2.45) is 11.8 Å². The molecule has 0 atom stereocenters. The molecule has 2 aliphatic heterocycles. The van der Waals surface area contributed by atoms with E-state index in [1.165, 1.54) is 12.8 Å². The van der Waals surface area contributed by atoms with Crippen molar-refractivity contribution in [3.8, 4) is 0 Å². The Morgan fingerprint density at radius 2 is 1.35 bits per heavy atom. The van der Waals surface area contributed by atoms with Crippen LogP contribution in [0.1, 0.15) is 78.1 Å². The van der Waals surface area contributed by atoms with Gasteiger partial charge in [0.05, 0.1) is 6.10 Å². The van der Waals surface area contributed by atoms with E-state index in [1.807, 2.05) is 13.8 Å². The maximum atomic E-state index is 11.6. The van der Waals surface area contributed by atoms with Crippen molar-refractivity contribution in [2.45, 2.75) is 84.2 Å². The molecule has 0 saturated carbocycles. The number of aliphatic carboxylic acids is 2. The molecule has 2 aliphatic rings. The molecule has 1 amide bonds. The molecule has 2 rings (SSSR count). The van der Waals surface area contributed by atoms with E-state index in [0.29, 0.717) is 12.3 Å². The zero-order chi connectivity index (χ0) is 22.4. The minimum absolute atomic E-state index is 0. The van der Waals surface area contributed by atoms with Crippen molar-refractivity contribution < 1.29 is 29.3 Å². The zero-order valence-corrected chi connectivity index (χ0v) is 19.8. The fourth-order valence-corrected chi connectivity index (χ4v) is 3.86. The average molecular weight is 464 g/mol. The summed E-state index contributed by atoms with van der Waals surface area (Å²) in [6.45, 7) is 7.11. The van der Waals surface area contributed by atoms with Gasteiger partial charge in [-0.15, -0.1) is 25.5 Å². The fourth-order valence-electron chi connectivity index (χ4n) is 3.86. The maximum absolute atomic E-state index is 11.6. The summed E-state index contributed by atoms with van der Waals surface area (Å²) in [4.78, 5) is 34.0. The molecule has 0 radical (unpaired) electrons. The van der Waals surface area contributed by atoms with Gasteiger partial charge in [-0.1, -0.05) is 19.3 Å². The number of piperidine rings is 2. The Balaban J connectivity index is 0.000000605. The Morgan fingerprint density at radius 1 is 0.903 bits per heavy atom. The topological polar surface area (TPSA) is 118 Å². The summed E-state index contributed by atoms with van der Waals surface area (Å²) in [5.74, 6) is -0.113. The van der Waals surface area contributed by atoms with Crippen LogP contribution < -0.4 is 0 Å². The minimum Gasteiger partial charge on any atom is -0.662 e. The first-order chi connectivity index (χ1) is 14.3. The smallest absolute Gasteiger partial charge is 0.410 e. The Kier molecular flexibility index (Phi) is 16.2. The fraction of sp³-hybridized carbons (Fsp3) is 0.864. The molecule has 0 aromatic heterocycles. The van der Waals surface area contributed by atoms with Crippen LogP contribution >= 0.6 is 12.4 Å². The standard InChI is InChI=1S/C13H23NO4.C9H16NO2.ClH/c1-10(2)18-13(17)14-8-6-11(7-9-14)4-3-5-12(15)16;11-9(12)3-1-2-8-4-6-10-7-5-8;/h10-11H,3-9H2,1-2H3,(H,15,16);8H,1-7H2,(H,11,12);1H/q;-1;. The van der Waals surface area contributed by atoms with Gasteiger partial charge >= 0.3 is 18.0 Å². The van der Waals surface area contributed by atoms with Crippen LogP contribution in [0.4, 0.5) is 4.79 Å². The molecule has 0 aromatic rings. The third-order valence-corrected chi connectivity index (χ3v) is 5.61. The summed E-state index contributed by atoms with van der Waals surface area (Å²) in [5, 5.41) is 21.3. The van der Waals surface area contributed by atoms with Gasteiger partial charge in [0.25, 0.3) is 0 Å². The van der Waals surface area contributed by atoms with Crippen LogP contribution in [0.25, 0.3) is 5.32 Å². The number of amides is 1. The number of carbonyl (C=O) groups is 3. The number of carbonyl (C=O) groups excluding carboxylic acids is 1. The van der Waals surface area contributed by atoms with Crippen molar-refractivity contribution in [3.05, 3.63) is 5.32 Å². The zero-order valence-electron chi connectivity index (χ0n) is 19.0. The van der Waals surface area contributed by atoms with Gasteiger partial charge in [-0.05, 0) is 57.8 Å². The first kappa shape index (κ1) is 29.5. The van der Waals surface area contributed by atoms with Crippen LogP contribution in [0, 0.1) is 11.8 Å². The second kappa shape index (κ2) is 17.1. The second-order valence-electron chi connectivity index (χ2n) is 8.55. The quantitative estimate of drug-likeness (QED) is 0.499. The third kappa shape index (κ3) is 15.0. The largest absolute Gasteiger partial charge is 0.662 e. The molecule has 2 saturated heterocycles. The highest BCUT2D eigenvalue weighted by molar-refractivity contribution is 5.85. The Bertz CT molecular complexity index is 518. The predicted molar refractivity (Wildman–Crippen MR) is 122 cm³/mol. The normalized spacial score (nSPS) is 17.3. The minimum atomic E-state index is -0.729. The van der Waals surface area contributed by atoms with Gasteiger partial charge in [-0.3, -0.25) is 9.59 Å². The van der Waals surface area contributed by atoms with E-state index in [0.717, 1.165) is 70.6 Å². The summed E-state index contributed by atoms with van der Waals surface area (Å²) in [6.07, 6.45) is 8.08. The molecule has 0 bridgehead atoms. The summed E-state index contributed by atoms with van der Waals surface area (Å²) < 4.78 is 5.15. The highest BCUT2D eigenvalue weighted by atomic mass is 35.5. The van der Waals surface area contributed by atoms with Crippen molar-refractivity contribution >= 4 is 30.4 Å². The summed E-state index contributed by atoms with van der Waals surface area (Å²) in [7, 11) is 0. The number of nitrogens with zero attached hydrogens (tertiary/aromatic N) is 2. The van der Waals surface area contributed by atoms with Crippen LogP contribution in [-0.2, 0) is 14.3 Å². The number of ether oxygens (including phenoxy) is 1. The van der Waals surface area contributed by atoms with Gasteiger partial charge in [0.1, 0.15) is 0 Å². The van der Waals surface area contributed by atoms with E-state index >= 15 is 0 Å². The Labute approximate surface area is 192 Å². The number of carboxylic acid groups (broad SMARTS) is 2.